The van der Waals surface area contributed by atoms with Gasteiger partial charge in [0, 0.05) is 43.9 Å². The molecule has 3 aromatic heterocycles. The van der Waals surface area contributed by atoms with Crippen LogP contribution in [0.4, 0.5) is 17.1 Å². The van der Waals surface area contributed by atoms with Crippen LogP contribution in [0, 0.1) is 19.7 Å². The molecular weight excluding hydrogens is 759 g/mol. The Hall–Kier alpha value is -9.09. The maximum atomic E-state index is 8.39. The van der Waals surface area contributed by atoms with Gasteiger partial charge < -0.3 is 9.13 Å². The molecule has 11 rings (SSSR count). The van der Waals surface area contributed by atoms with Crippen molar-refractivity contribution in [2.45, 2.75) is 0 Å². The van der Waals surface area contributed by atoms with E-state index in [0.717, 1.165) is 60.9 Å². The first-order chi connectivity index (χ1) is 30.6. The average Bonchev–Trinajstić information content (AvgIpc) is 3.86. The minimum atomic E-state index is 0.415. The van der Waals surface area contributed by atoms with Crippen LogP contribution >= 0.6 is 0 Å². The van der Waals surface area contributed by atoms with Crippen LogP contribution < -0.4 is 0 Å². The third kappa shape index (κ3) is 5.80. The van der Waals surface area contributed by atoms with Gasteiger partial charge in [-0.15, -0.1) is 0 Å². The van der Waals surface area contributed by atoms with Crippen molar-refractivity contribution in [2.24, 2.45) is 0 Å². The number of fused-ring (bicyclic) bond motifs is 6. The Morgan fingerprint density at radius 3 is 1.52 bits per heavy atom. The summed E-state index contributed by atoms with van der Waals surface area (Å²) < 4.78 is 4.55. The molecule has 286 valence electrons. The van der Waals surface area contributed by atoms with Crippen molar-refractivity contribution in [2.75, 3.05) is 0 Å². The summed E-state index contributed by atoms with van der Waals surface area (Å²) in [6.07, 6.45) is 0. The van der Waals surface area contributed by atoms with E-state index < -0.39 is 0 Å². The van der Waals surface area contributed by atoms with Gasteiger partial charge in [0.1, 0.15) is 5.82 Å². The average molecular weight is 790 g/mol. The Balaban J connectivity index is 0.991. The minimum absolute atomic E-state index is 0.415. The van der Waals surface area contributed by atoms with Crippen molar-refractivity contribution >= 4 is 60.7 Å². The molecule has 0 bridgehead atoms. The molecule has 11 aromatic rings. The molecule has 62 heavy (non-hydrogen) atoms. The molecule has 0 N–H and O–H groups in total. The standard InChI is InChI=1S/C55H31N7/c1-56-45-19-9-4-17-42(45)48-34-47(59-55(60-48)43-18-5-10-20-46(43)57-2)36-26-24-35(25-27-36)37-28-30-54(49(32-37)58-3)62-52-23-13-8-16-41(52)44-33-38(29-31-53(44)62)61-50-21-11-6-14-39(50)40-15-7-12-22-51(40)61/h4-34H. The quantitative estimate of drug-likeness (QED) is 0.158. The molecule has 0 spiro atoms. The molecule has 0 amide bonds. The van der Waals surface area contributed by atoms with Gasteiger partial charge in [-0.1, -0.05) is 133 Å². The monoisotopic (exact) mass is 789 g/mol. The van der Waals surface area contributed by atoms with Crippen molar-refractivity contribution < 1.29 is 0 Å². The summed E-state index contributed by atoms with van der Waals surface area (Å²) in [4.78, 5) is 21.4. The Bertz CT molecular complexity index is 3610. The number of rotatable bonds is 6. The third-order valence-corrected chi connectivity index (χ3v) is 11.6. The molecule has 0 aliphatic rings. The van der Waals surface area contributed by atoms with Crippen LogP contribution in [0.15, 0.2) is 188 Å². The molecule has 0 saturated carbocycles. The number of aromatic nitrogens is 4. The third-order valence-electron chi connectivity index (χ3n) is 11.6. The van der Waals surface area contributed by atoms with Gasteiger partial charge in [0.2, 0.25) is 5.69 Å². The Labute approximate surface area is 357 Å². The van der Waals surface area contributed by atoms with Crippen molar-refractivity contribution in [3.8, 4) is 56.4 Å². The first kappa shape index (κ1) is 36.0. The van der Waals surface area contributed by atoms with E-state index in [0.29, 0.717) is 45.4 Å². The van der Waals surface area contributed by atoms with E-state index in [1.807, 2.05) is 72.8 Å². The maximum absolute atomic E-state index is 8.39. The number of nitrogens with zero attached hydrogens (tertiary/aromatic N) is 7. The molecule has 0 radical (unpaired) electrons. The molecule has 0 aliphatic carbocycles. The summed E-state index contributed by atoms with van der Waals surface area (Å²) in [6, 6.07) is 62.9. The zero-order chi connectivity index (χ0) is 41.7. The first-order valence-electron chi connectivity index (χ1n) is 20.1. The second-order valence-corrected chi connectivity index (χ2v) is 15.0. The van der Waals surface area contributed by atoms with E-state index in [1.165, 1.54) is 10.8 Å². The summed E-state index contributed by atoms with van der Waals surface area (Å²) in [5.74, 6) is 0.415. The van der Waals surface area contributed by atoms with Crippen LogP contribution in [0.3, 0.4) is 0 Å². The largest absolute Gasteiger partial charge is 0.319 e. The van der Waals surface area contributed by atoms with Gasteiger partial charge in [-0.05, 0) is 65.7 Å². The summed E-state index contributed by atoms with van der Waals surface area (Å²) in [5.41, 5.74) is 13.1. The molecule has 0 fully saturated rings. The molecule has 0 saturated heterocycles. The molecule has 8 aromatic carbocycles. The number of para-hydroxylation sites is 5. The van der Waals surface area contributed by atoms with Crippen LogP contribution in [-0.4, -0.2) is 19.1 Å². The predicted molar refractivity (Wildman–Crippen MR) is 251 cm³/mol. The van der Waals surface area contributed by atoms with Gasteiger partial charge in [-0.3, -0.25) is 0 Å². The lowest BCUT2D eigenvalue weighted by Gasteiger charge is -2.13. The van der Waals surface area contributed by atoms with E-state index in [2.05, 4.69) is 127 Å². The number of benzene rings is 8. The van der Waals surface area contributed by atoms with Crippen molar-refractivity contribution in [3.63, 3.8) is 0 Å². The maximum Gasteiger partial charge on any atom is 0.211 e. The fourth-order valence-electron chi connectivity index (χ4n) is 8.78. The van der Waals surface area contributed by atoms with E-state index >= 15 is 0 Å². The van der Waals surface area contributed by atoms with Crippen molar-refractivity contribution in [3.05, 3.63) is 222 Å². The lowest BCUT2D eigenvalue weighted by atomic mass is 10.0. The summed E-state index contributed by atoms with van der Waals surface area (Å²) in [6.45, 7) is 24.0. The Morgan fingerprint density at radius 2 is 0.855 bits per heavy atom. The zero-order valence-electron chi connectivity index (χ0n) is 33.0. The van der Waals surface area contributed by atoms with Crippen molar-refractivity contribution in [1.82, 2.24) is 19.1 Å². The van der Waals surface area contributed by atoms with E-state index in [4.69, 9.17) is 29.7 Å². The summed E-state index contributed by atoms with van der Waals surface area (Å²) >= 11 is 0. The highest BCUT2D eigenvalue weighted by atomic mass is 15.0. The van der Waals surface area contributed by atoms with Gasteiger partial charge >= 0.3 is 0 Å². The lowest BCUT2D eigenvalue weighted by molar-refractivity contribution is 1.17. The van der Waals surface area contributed by atoms with Gasteiger partial charge in [0.15, 0.2) is 11.4 Å². The van der Waals surface area contributed by atoms with Crippen LogP contribution in [0.2, 0.25) is 0 Å². The van der Waals surface area contributed by atoms with E-state index in [-0.39, 0.29) is 0 Å². The van der Waals surface area contributed by atoms with Gasteiger partial charge in [0.25, 0.3) is 0 Å². The SMILES string of the molecule is [C-]#[N+]c1ccccc1-c1cc(-c2ccc(-c3ccc(-n4c5ccccc5c5cc(-n6c7ccccc7c7ccccc76)ccc54)c([N+]#[C-])c3)cc2)nc(-c2ccccc2[N+]#[C-])n1. The summed E-state index contributed by atoms with van der Waals surface area (Å²) in [5, 5.41) is 4.67. The van der Waals surface area contributed by atoms with Crippen LogP contribution in [0.25, 0.3) is 115 Å². The second-order valence-electron chi connectivity index (χ2n) is 15.0. The molecule has 7 nitrogen and oxygen atoms in total. The fourth-order valence-corrected chi connectivity index (χ4v) is 8.78. The van der Waals surface area contributed by atoms with Gasteiger partial charge in [0.05, 0.1) is 58.9 Å². The van der Waals surface area contributed by atoms with E-state index in [9.17, 15) is 0 Å². The molecule has 0 unspecified atom stereocenters. The van der Waals surface area contributed by atoms with Gasteiger partial charge in [-0.25, -0.2) is 24.5 Å². The predicted octanol–water partition coefficient (Wildman–Crippen LogP) is 15.0. The van der Waals surface area contributed by atoms with Crippen LogP contribution in [0.1, 0.15) is 0 Å². The highest BCUT2D eigenvalue weighted by Gasteiger charge is 2.19. The second kappa shape index (κ2) is 14.6. The lowest BCUT2D eigenvalue weighted by Crippen LogP contribution is -1.97. The highest BCUT2D eigenvalue weighted by molar-refractivity contribution is 6.12. The Kier molecular flexibility index (Phi) is 8.50. The highest BCUT2D eigenvalue weighted by Crippen LogP contribution is 2.41. The van der Waals surface area contributed by atoms with Crippen LogP contribution in [0.5, 0.6) is 0 Å². The molecular formula is C55H31N7. The normalized spacial score (nSPS) is 11.2. The number of hydrogen-bond acceptors (Lipinski definition) is 2. The zero-order valence-corrected chi connectivity index (χ0v) is 33.0. The summed E-state index contributed by atoms with van der Waals surface area (Å²) in [7, 11) is 0. The Morgan fingerprint density at radius 1 is 0.355 bits per heavy atom. The number of hydrogen-bond donors (Lipinski definition) is 0. The minimum Gasteiger partial charge on any atom is -0.319 e. The first-order valence-corrected chi connectivity index (χ1v) is 20.1. The molecule has 7 heteroatoms. The van der Waals surface area contributed by atoms with E-state index in [1.54, 1.807) is 12.1 Å². The fraction of sp³-hybridized carbons (Fsp3) is 0. The topological polar surface area (TPSA) is 48.7 Å². The molecule has 3 heterocycles. The van der Waals surface area contributed by atoms with Gasteiger partial charge in [-0.2, -0.15) is 0 Å². The molecule has 0 atom stereocenters. The smallest absolute Gasteiger partial charge is 0.211 e. The van der Waals surface area contributed by atoms with Crippen molar-refractivity contribution in [1.29, 1.82) is 0 Å². The van der Waals surface area contributed by atoms with Crippen LogP contribution in [-0.2, 0) is 0 Å². The molecule has 0 aliphatic heterocycles.